The maximum atomic E-state index is 4.87. The van der Waals surface area contributed by atoms with Crippen molar-refractivity contribution in [2.75, 3.05) is 11.9 Å². The zero-order valence-electron chi connectivity index (χ0n) is 13.1. The lowest BCUT2D eigenvalue weighted by Crippen LogP contribution is -2.15. The van der Waals surface area contributed by atoms with Gasteiger partial charge in [0.25, 0.3) is 0 Å². The number of fused-ring (bicyclic) bond motifs is 1. The van der Waals surface area contributed by atoms with Crippen molar-refractivity contribution in [2.24, 2.45) is 5.92 Å². The molecule has 1 aliphatic carbocycles. The van der Waals surface area contributed by atoms with E-state index >= 15 is 0 Å². The van der Waals surface area contributed by atoms with E-state index < -0.39 is 0 Å². The lowest BCUT2D eigenvalue weighted by atomic mass is 9.80. The van der Waals surface area contributed by atoms with Crippen molar-refractivity contribution in [3.63, 3.8) is 0 Å². The van der Waals surface area contributed by atoms with E-state index in [9.17, 15) is 0 Å². The van der Waals surface area contributed by atoms with Crippen LogP contribution in [-0.4, -0.2) is 16.5 Å². The van der Waals surface area contributed by atoms with Crippen molar-refractivity contribution in [1.82, 2.24) is 9.97 Å². The number of rotatable bonds is 5. The van der Waals surface area contributed by atoms with E-state index in [4.69, 9.17) is 9.97 Å². The average Bonchev–Trinajstić information content (AvgIpc) is 3.01. The Morgan fingerprint density at radius 2 is 2.00 bits per heavy atom. The molecule has 0 aromatic carbocycles. The normalized spacial score (nSPS) is 22.6. The highest BCUT2D eigenvalue weighted by Crippen LogP contribution is 2.37. The number of anilines is 1. The predicted octanol–water partition coefficient (Wildman–Crippen LogP) is 5.20. The molecule has 2 aromatic heterocycles. The molecule has 2 aromatic rings. The van der Waals surface area contributed by atoms with Gasteiger partial charge in [0, 0.05) is 12.5 Å². The third-order valence-corrected chi connectivity index (χ3v) is 5.48. The van der Waals surface area contributed by atoms with E-state index in [1.54, 1.807) is 11.3 Å². The predicted molar refractivity (Wildman–Crippen MR) is 91.2 cm³/mol. The van der Waals surface area contributed by atoms with Crippen molar-refractivity contribution in [3.05, 3.63) is 17.3 Å². The van der Waals surface area contributed by atoms with Crippen LogP contribution in [0.1, 0.15) is 64.1 Å². The standard InChI is InChI=1S/C17H25N3S/c1-3-10-18-16-14-9-11-21-17(14)20-15(19-16)13-7-5-12(4-2)6-8-13/h9,11-13H,3-8,10H2,1-2H3,(H,18,19,20). The minimum Gasteiger partial charge on any atom is -0.369 e. The van der Waals surface area contributed by atoms with E-state index in [-0.39, 0.29) is 0 Å². The van der Waals surface area contributed by atoms with Crippen molar-refractivity contribution in [3.8, 4) is 0 Å². The molecule has 1 aliphatic rings. The number of hydrogen-bond donors (Lipinski definition) is 1. The Hall–Kier alpha value is -1.16. The molecule has 1 N–H and O–H groups in total. The molecule has 0 atom stereocenters. The van der Waals surface area contributed by atoms with Crippen molar-refractivity contribution in [1.29, 1.82) is 0 Å². The molecule has 0 radical (unpaired) electrons. The fraction of sp³-hybridized carbons (Fsp3) is 0.647. The highest BCUT2D eigenvalue weighted by atomic mass is 32.1. The van der Waals surface area contributed by atoms with Crippen LogP contribution in [0.25, 0.3) is 10.2 Å². The Kier molecular flexibility index (Phi) is 4.73. The lowest BCUT2D eigenvalue weighted by Gasteiger charge is -2.27. The molecule has 0 unspecified atom stereocenters. The van der Waals surface area contributed by atoms with Gasteiger partial charge in [-0.15, -0.1) is 11.3 Å². The molecule has 0 saturated heterocycles. The van der Waals surface area contributed by atoms with Crippen molar-refractivity contribution < 1.29 is 0 Å². The van der Waals surface area contributed by atoms with Crippen molar-refractivity contribution >= 4 is 27.4 Å². The Labute approximate surface area is 131 Å². The minimum absolute atomic E-state index is 0.557. The third kappa shape index (κ3) is 3.20. The summed E-state index contributed by atoms with van der Waals surface area (Å²) in [5.41, 5.74) is 0. The first-order valence-corrected chi connectivity index (χ1v) is 9.18. The summed E-state index contributed by atoms with van der Waals surface area (Å²) >= 11 is 1.73. The number of thiophene rings is 1. The van der Waals surface area contributed by atoms with E-state index in [0.29, 0.717) is 5.92 Å². The minimum atomic E-state index is 0.557. The number of nitrogens with zero attached hydrogens (tertiary/aromatic N) is 2. The second kappa shape index (κ2) is 6.73. The Morgan fingerprint density at radius 1 is 1.19 bits per heavy atom. The van der Waals surface area contributed by atoms with Crippen LogP contribution in [0.3, 0.4) is 0 Å². The molecule has 114 valence electrons. The van der Waals surface area contributed by atoms with Crippen LogP contribution in [0.2, 0.25) is 0 Å². The quantitative estimate of drug-likeness (QED) is 0.825. The monoisotopic (exact) mass is 303 g/mol. The largest absolute Gasteiger partial charge is 0.369 e. The van der Waals surface area contributed by atoms with Gasteiger partial charge in [0.05, 0.1) is 5.39 Å². The van der Waals surface area contributed by atoms with Crippen LogP contribution >= 0.6 is 11.3 Å². The first kappa shape index (κ1) is 14.8. The molecule has 0 amide bonds. The topological polar surface area (TPSA) is 37.8 Å². The number of nitrogens with one attached hydrogen (secondary N) is 1. The molecular weight excluding hydrogens is 278 g/mol. The van der Waals surface area contributed by atoms with Gasteiger partial charge in [0.2, 0.25) is 0 Å². The highest BCUT2D eigenvalue weighted by Gasteiger charge is 2.24. The SMILES string of the molecule is CCCNc1nc(C2CCC(CC)CC2)nc2sccc12. The fourth-order valence-corrected chi connectivity index (χ4v) is 4.03. The van der Waals surface area contributed by atoms with E-state index in [1.165, 1.54) is 37.5 Å². The summed E-state index contributed by atoms with van der Waals surface area (Å²) in [7, 11) is 0. The second-order valence-electron chi connectivity index (χ2n) is 6.12. The maximum absolute atomic E-state index is 4.87. The summed E-state index contributed by atoms with van der Waals surface area (Å²) in [6.07, 6.45) is 7.62. The van der Waals surface area contributed by atoms with Gasteiger partial charge in [0.15, 0.2) is 0 Å². The van der Waals surface area contributed by atoms with E-state index in [0.717, 1.165) is 35.4 Å². The smallest absolute Gasteiger partial charge is 0.138 e. The Bertz CT molecular complexity index is 585. The second-order valence-corrected chi connectivity index (χ2v) is 7.02. The van der Waals surface area contributed by atoms with Crippen molar-refractivity contribution in [2.45, 2.75) is 58.3 Å². The van der Waals surface area contributed by atoms with Gasteiger partial charge in [0.1, 0.15) is 16.5 Å². The lowest BCUT2D eigenvalue weighted by molar-refractivity contribution is 0.312. The summed E-state index contributed by atoms with van der Waals surface area (Å²) < 4.78 is 0. The maximum Gasteiger partial charge on any atom is 0.138 e. The van der Waals surface area contributed by atoms with Gasteiger partial charge in [-0.05, 0) is 49.5 Å². The van der Waals surface area contributed by atoms with Crippen LogP contribution in [0.15, 0.2) is 11.4 Å². The van der Waals surface area contributed by atoms with Gasteiger partial charge in [-0.1, -0.05) is 20.3 Å². The average molecular weight is 303 g/mol. The molecule has 4 heteroatoms. The van der Waals surface area contributed by atoms with Gasteiger partial charge in [-0.2, -0.15) is 0 Å². The number of aromatic nitrogens is 2. The Balaban J connectivity index is 1.85. The van der Waals surface area contributed by atoms with Crippen LogP contribution in [-0.2, 0) is 0 Å². The molecule has 3 nitrogen and oxygen atoms in total. The number of hydrogen-bond acceptors (Lipinski definition) is 4. The van der Waals surface area contributed by atoms with Gasteiger partial charge >= 0.3 is 0 Å². The molecule has 1 fully saturated rings. The van der Waals surface area contributed by atoms with Gasteiger partial charge < -0.3 is 5.32 Å². The first-order chi connectivity index (χ1) is 10.3. The molecule has 1 saturated carbocycles. The molecule has 3 rings (SSSR count). The third-order valence-electron chi connectivity index (χ3n) is 4.67. The molecule has 0 aliphatic heterocycles. The molecule has 0 bridgehead atoms. The molecule has 0 spiro atoms. The molecular formula is C17H25N3S. The zero-order chi connectivity index (χ0) is 14.7. The molecule has 2 heterocycles. The summed E-state index contributed by atoms with van der Waals surface area (Å²) in [6.45, 7) is 5.47. The molecule has 21 heavy (non-hydrogen) atoms. The fourth-order valence-electron chi connectivity index (χ4n) is 3.26. The van der Waals surface area contributed by atoms with Gasteiger partial charge in [-0.25, -0.2) is 9.97 Å². The Morgan fingerprint density at radius 3 is 2.71 bits per heavy atom. The van der Waals surface area contributed by atoms with Crippen LogP contribution in [0.5, 0.6) is 0 Å². The van der Waals surface area contributed by atoms with E-state index in [2.05, 4.69) is 30.6 Å². The summed E-state index contributed by atoms with van der Waals surface area (Å²) in [5, 5.41) is 6.78. The summed E-state index contributed by atoms with van der Waals surface area (Å²) in [6, 6.07) is 2.13. The van der Waals surface area contributed by atoms with E-state index in [1.807, 2.05) is 0 Å². The van der Waals surface area contributed by atoms with Gasteiger partial charge in [-0.3, -0.25) is 0 Å². The summed E-state index contributed by atoms with van der Waals surface area (Å²) in [5.74, 6) is 3.58. The van der Waals surface area contributed by atoms with Crippen LogP contribution < -0.4 is 5.32 Å². The first-order valence-electron chi connectivity index (χ1n) is 8.30. The zero-order valence-corrected chi connectivity index (χ0v) is 13.9. The van der Waals surface area contributed by atoms with Crippen LogP contribution in [0, 0.1) is 5.92 Å². The highest BCUT2D eigenvalue weighted by molar-refractivity contribution is 7.16. The summed E-state index contributed by atoms with van der Waals surface area (Å²) in [4.78, 5) is 10.9. The van der Waals surface area contributed by atoms with Crippen LogP contribution in [0.4, 0.5) is 5.82 Å².